The van der Waals surface area contributed by atoms with Gasteiger partial charge in [-0.3, -0.25) is 4.79 Å². The highest BCUT2D eigenvalue weighted by Crippen LogP contribution is 2.13. The fourth-order valence-electron chi connectivity index (χ4n) is 2.52. The minimum atomic E-state index is -3.71. The molecular formula is C20H21N3O5S. The Morgan fingerprint density at radius 1 is 1.14 bits per heavy atom. The van der Waals surface area contributed by atoms with E-state index in [9.17, 15) is 13.2 Å². The SMILES string of the molecule is CCOc1cc(CNC(=O)c2ccc(S(=O)(=O)NCc3ccco3)cc2)ccn1. The second kappa shape index (κ2) is 9.35. The van der Waals surface area contributed by atoms with Crippen LogP contribution in [0.5, 0.6) is 5.88 Å². The van der Waals surface area contributed by atoms with Gasteiger partial charge in [0.05, 0.1) is 24.3 Å². The maximum absolute atomic E-state index is 12.3. The number of pyridine rings is 1. The van der Waals surface area contributed by atoms with Crippen molar-refractivity contribution in [1.29, 1.82) is 0 Å². The van der Waals surface area contributed by atoms with Gasteiger partial charge in [0, 0.05) is 24.4 Å². The third-order valence-corrected chi connectivity index (χ3v) is 5.41. The molecule has 0 fully saturated rings. The van der Waals surface area contributed by atoms with E-state index in [0.717, 1.165) is 5.56 Å². The highest BCUT2D eigenvalue weighted by molar-refractivity contribution is 7.89. The summed E-state index contributed by atoms with van der Waals surface area (Å²) in [5, 5.41) is 2.79. The van der Waals surface area contributed by atoms with Gasteiger partial charge < -0.3 is 14.5 Å². The third kappa shape index (κ3) is 5.66. The number of nitrogens with one attached hydrogen (secondary N) is 2. The lowest BCUT2D eigenvalue weighted by atomic mass is 10.2. The molecule has 0 unspecified atom stereocenters. The lowest BCUT2D eigenvalue weighted by molar-refractivity contribution is 0.0950. The van der Waals surface area contributed by atoms with Gasteiger partial charge in [0.2, 0.25) is 15.9 Å². The number of carbonyl (C=O) groups excluding carboxylic acids is 1. The molecule has 152 valence electrons. The molecule has 2 N–H and O–H groups in total. The van der Waals surface area contributed by atoms with Gasteiger partial charge in [0.25, 0.3) is 5.91 Å². The zero-order valence-corrected chi connectivity index (χ0v) is 16.6. The van der Waals surface area contributed by atoms with Crippen LogP contribution < -0.4 is 14.8 Å². The summed E-state index contributed by atoms with van der Waals surface area (Å²) in [7, 11) is -3.71. The molecule has 0 aliphatic rings. The van der Waals surface area contributed by atoms with E-state index >= 15 is 0 Å². The van der Waals surface area contributed by atoms with Gasteiger partial charge in [-0.15, -0.1) is 0 Å². The van der Waals surface area contributed by atoms with Crippen LogP contribution in [0.2, 0.25) is 0 Å². The number of ether oxygens (including phenoxy) is 1. The zero-order valence-electron chi connectivity index (χ0n) is 15.8. The molecule has 0 saturated carbocycles. The first kappa shape index (κ1) is 20.6. The number of aromatic nitrogens is 1. The van der Waals surface area contributed by atoms with Gasteiger partial charge in [-0.2, -0.15) is 0 Å². The molecule has 1 aromatic carbocycles. The summed E-state index contributed by atoms with van der Waals surface area (Å²) in [4.78, 5) is 16.5. The van der Waals surface area contributed by atoms with Crippen LogP contribution in [-0.4, -0.2) is 25.9 Å². The molecule has 3 aromatic rings. The molecule has 0 spiro atoms. The van der Waals surface area contributed by atoms with E-state index in [1.807, 2.05) is 6.92 Å². The molecule has 2 heterocycles. The van der Waals surface area contributed by atoms with Crippen molar-refractivity contribution in [3.63, 3.8) is 0 Å². The summed E-state index contributed by atoms with van der Waals surface area (Å²) < 4.78 is 37.6. The highest BCUT2D eigenvalue weighted by Gasteiger charge is 2.15. The molecule has 1 amide bonds. The minimum absolute atomic E-state index is 0.0488. The lowest BCUT2D eigenvalue weighted by Crippen LogP contribution is -2.24. The summed E-state index contributed by atoms with van der Waals surface area (Å²) in [6.07, 6.45) is 3.09. The van der Waals surface area contributed by atoms with Crippen LogP contribution in [0, 0.1) is 0 Å². The summed E-state index contributed by atoms with van der Waals surface area (Å²) in [5.41, 5.74) is 1.20. The standard InChI is InChI=1S/C20H21N3O5S/c1-2-27-19-12-15(9-10-21-19)13-22-20(24)16-5-7-18(8-6-16)29(25,26)23-14-17-4-3-11-28-17/h3-12,23H,2,13-14H2,1H3,(H,22,24). The van der Waals surface area contributed by atoms with Crippen molar-refractivity contribution in [2.24, 2.45) is 0 Å². The average molecular weight is 415 g/mol. The number of amides is 1. The number of furan rings is 1. The maximum atomic E-state index is 12.3. The second-order valence-corrected chi connectivity index (χ2v) is 7.81. The number of benzene rings is 1. The van der Waals surface area contributed by atoms with E-state index in [4.69, 9.17) is 9.15 Å². The van der Waals surface area contributed by atoms with Crippen molar-refractivity contribution in [3.05, 3.63) is 77.9 Å². The van der Waals surface area contributed by atoms with Crippen LogP contribution in [0.3, 0.4) is 0 Å². The van der Waals surface area contributed by atoms with Crippen molar-refractivity contribution in [2.75, 3.05) is 6.61 Å². The predicted octanol–water partition coefficient (Wildman–Crippen LogP) is 2.48. The molecule has 0 aliphatic heterocycles. The van der Waals surface area contributed by atoms with Gasteiger partial charge in [-0.1, -0.05) is 0 Å². The Morgan fingerprint density at radius 2 is 1.93 bits per heavy atom. The number of carbonyl (C=O) groups is 1. The van der Waals surface area contributed by atoms with Crippen LogP contribution in [0.25, 0.3) is 0 Å². The summed E-state index contributed by atoms with van der Waals surface area (Å²) in [6.45, 7) is 2.72. The molecule has 0 saturated heterocycles. The Balaban J connectivity index is 1.59. The molecule has 0 atom stereocenters. The van der Waals surface area contributed by atoms with Gasteiger partial charge in [0.15, 0.2) is 0 Å². The smallest absolute Gasteiger partial charge is 0.251 e. The number of hydrogen-bond donors (Lipinski definition) is 2. The van der Waals surface area contributed by atoms with E-state index < -0.39 is 10.0 Å². The van der Waals surface area contributed by atoms with Crippen molar-refractivity contribution >= 4 is 15.9 Å². The van der Waals surface area contributed by atoms with Crippen LogP contribution in [0.1, 0.15) is 28.6 Å². The molecule has 0 bridgehead atoms. The van der Waals surface area contributed by atoms with Crippen molar-refractivity contribution < 1.29 is 22.4 Å². The minimum Gasteiger partial charge on any atom is -0.478 e. The first-order valence-electron chi connectivity index (χ1n) is 8.96. The highest BCUT2D eigenvalue weighted by atomic mass is 32.2. The molecule has 2 aromatic heterocycles. The van der Waals surface area contributed by atoms with Gasteiger partial charge in [-0.05, 0) is 55.0 Å². The van der Waals surface area contributed by atoms with Crippen molar-refractivity contribution in [3.8, 4) is 5.88 Å². The Labute approximate surface area is 169 Å². The summed E-state index contributed by atoms with van der Waals surface area (Å²) in [6, 6.07) is 12.6. The fourth-order valence-corrected chi connectivity index (χ4v) is 3.51. The Hall–Kier alpha value is -3.17. The van der Waals surface area contributed by atoms with Crippen LogP contribution in [0.4, 0.5) is 0 Å². The Bertz CT molecular complexity index is 1050. The van der Waals surface area contributed by atoms with E-state index in [0.29, 0.717) is 30.4 Å². The zero-order chi connectivity index (χ0) is 20.7. The Kier molecular flexibility index (Phi) is 6.63. The van der Waals surface area contributed by atoms with Crippen LogP contribution >= 0.6 is 0 Å². The molecule has 0 radical (unpaired) electrons. The molecule has 8 nitrogen and oxygen atoms in total. The Morgan fingerprint density at radius 3 is 2.62 bits per heavy atom. The topological polar surface area (TPSA) is 111 Å². The number of rotatable bonds is 9. The van der Waals surface area contributed by atoms with E-state index in [1.54, 1.807) is 30.5 Å². The number of nitrogens with zero attached hydrogens (tertiary/aromatic N) is 1. The maximum Gasteiger partial charge on any atom is 0.251 e. The lowest BCUT2D eigenvalue weighted by Gasteiger charge is -2.09. The molecule has 3 rings (SSSR count). The first-order chi connectivity index (χ1) is 14.0. The third-order valence-electron chi connectivity index (χ3n) is 3.99. The normalized spacial score (nSPS) is 11.2. The summed E-state index contributed by atoms with van der Waals surface area (Å²) >= 11 is 0. The van der Waals surface area contributed by atoms with Gasteiger partial charge >= 0.3 is 0 Å². The molecule has 0 aliphatic carbocycles. The van der Waals surface area contributed by atoms with Gasteiger partial charge in [0.1, 0.15) is 5.76 Å². The van der Waals surface area contributed by atoms with Crippen molar-refractivity contribution in [1.82, 2.24) is 15.0 Å². The molecule has 29 heavy (non-hydrogen) atoms. The number of hydrogen-bond acceptors (Lipinski definition) is 6. The van der Waals surface area contributed by atoms with Gasteiger partial charge in [-0.25, -0.2) is 18.1 Å². The first-order valence-corrected chi connectivity index (χ1v) is 10.4. The predicted molar refractivity (Wildman–Crippen MR) is 106 cm³/mol. The largest absolute Gasteiger partial charge is 0.478 e. The van der Waals surface area contributed by atoms with E-state index in [-0.39, 0.29) is 17.3 Å². The quantitative estimate of drug-likeness (QED) is 0.556. The second-order valence-electron chi connectivity index (χ2n) is 6.05. The van der Waals surface area contributed by atoms with Crippen LogP contribution in [-0.2, 0) is 23.1 Å². The molecular weight excluding hydrogens is 394 g/mol. The van der Waals surface area contributed by atoms with E-state index in [1.165, 1.54) is 30.5 Å². The fraction of sp³-hybridized carbons (Fsp3) is 0.200. The average Bonchev–Trinajstić information content (AvgIpc) is 3.25. The summed E-state index contributed by atoms with van der Waals surface area (Å²) in [5.74, 6) is 0.691. The van der Waals surface area contributed by atoms with Crippen LogP contribution in [0.15, 0.2) is 70.3 Å². The number of sulfonamides is 1. The van der Waals surface area contributed by atoms with E-state index in [2.05, 4.69) is 15.0 Å². The monoisotopic (exact) mass is 415 g/mol. The molecule has 9 heteroatoms. The van der Waals surface area contributed by atoms with Crippen molar-refractivity contribution in [2.45, 2.75) is 24.9 Å².